The van der Waals surface area contributed by atoms with Crippen LogP contribution >= 0.6 is 7.07 Å². The summed E-state index contributed by atoms with van der Waals surface area (Å²) in [5.41, 5.74) is 0. The average Bonchev–Trinajstić information content (AvgIpc) is 1.79. The molecule has 0 spiro atoms. The van der Waals surface area contributed by atoms with E-state index in [9.17, 15) is 8.78 Å². The molecule has 66 valence electrons. The van der Waals surface area contributed by atoms with Crippen LogP contribution in [0.15, 0.2) is 0 Å². The highest BCUT2D eigenvalue weighted by atomic mass is 32.4. The molecule has 0 amide bonds. The molecule has 0 saturated heterocycles. The van der Waals surface area contributed by atoms with Gasteiger partial charge in [0.1, 0.15) is 0 Å². The van der Waals surface area contributed by atoms with E-state index in [-0.39, 0.29) is 0 Å². The molecule has 0 aromatic rings. The first-order chi connectivity index (χ1) is 4.95. The van der Waals surface area contributed by atoms with E-state index in [1.165, 1.54) is 0 Å². The van der Waals surface area contributed by atoms with Gasteiger partial charge >= 0.3 is 13.2 Å². The van der Waals surface area contributed by atoms with E-state index in [0.717, 1.165) is 6.42 Å². The molecule has 0 aliphatic carbocycles. The highest BCUT2D eigenvalue weighted by Gasteiger charge is 2.32. The van der Waals surface area contributed by atoms with Crippen molar-refractivity contribution in [1.29, 1.82) is 0 Å². The van der Waals surface area contributed by atoms with Crippen molar-refractivity contribution in [2.45, 2.75) is 26.4 Å². The minimum atomic E-state index is -3.12. The summed E-state index contributed by atoms with van der Waals surface area (Å²) in [6.07, 6.45) is -2.26. The maximum atomic E-state index is 12.1. The molecular formula is C5H11F2NOPS+. The third kappa shape index (κ3) is 8.20. The van der Waals surface area contributed by atoms with E-state index in [1.807, 2.05) is 6.92 Å². The second kappa shape index (κ2) is 5.04. The Morgan fingerprint density at radius 3 is 2.55 bits per heavy atom. The highest BCUT2D eigenvalue weighted by Crippen LogP contribution is 2.28. The first kappa shape index (κ1) is 11.3. The van der Waals surface area contributed by atoms with E-state index in [1.54, 1.807) is 0 Å². The van der Waals surface area contributed by atoms with E-state index in [0.29, 0.717) is 13.5 Å². The quantitative estimate of drug-likeness (QED) is 0.691. The maximum Gasteiger partial charge on any atom is 0.445 e. The number of halogens is 2. The van der Waals surface area contributed by atoms with Gasteiger partial charge in [-0.1, -0.05) is 11.4 Å². The lowest BCUT2D eigenvalue weighted by Crippen LogP contribution is -2.15. The first-order valence-electron chi connectivity index (χ1n) is 3.23. The number of hydrogen-bond acceptors (Lipinski definition) is 2. The van der Waals surface area contributed by atoms with Crippen LogP contribution in [0.25, 0.3) is 0 Å². The Morgan fingerprint density at radius 1 is 1.64 bits per heavy atom. The van der Waals surface area contributed by atoms with E-state index in [4.69, 9.17) is 0 Å². The van der Waals surface area contributed by atoms with E-state index >= 15 is 0 Å². The third-order valence-electron chi connectivity index (χ3n) is 0.734. The highest BCUT2D eigenvalue weighted by molar-refractivity contribution is 8.02. The molecule has 0 fully saturated rings. The van der Waals surface area contributed by atoms with Gasteiger partial charge in [-0.3, -0.25) is 0 Å². The van der Waals surface area contributed by atoms with Crippen molar-refractivity contribution in [2.24, 2.45) is 0 Å². The number of nitrogens with one attached hydrogen (secondary N) is 1. The monoisotopic (exact) mass is 202 g/mol. The standard InChI is InChI=1S/C5H11F2NOPS/c1-3-4-8-10(11)9-5(2,6)7/h3-4H2,1-2H3,(H,8,11)/q+1. The van der Waals surface area contributed by atoms with Gasteiger partial charge in [-0.15, -0.1) is 5.09 Å². The average molecular weight is 202 g/mol. The fourth-order valence-corrected chi connectivity index (χ4v) is 1.81. The van der Waals surface area contributed by atoms with Crippen LogP contribution in [0.2, 0.25) is 0 Å². The van der Waals surface area contributed by atoms with Crippen molar-refractivity contribution in [3.63, 3.8) is 0 Å². The van der Waals surface area contributed by atoms with Crippen molar-refractivity contribution in [1.82, 2.24) is 5.09 Å². The van der Waals surface area contributed by atoms with Gasteiger partial charge in [0.25, 0.3) is 0 Å². The van der Waals surface area contributed by atoms with Gasteiger partial charge in [-0.2, -0.15) is 8.78 Å². The first-order valence-corrected chi connectivity index (χ1v) is 5.50. The SMILES string of the molecule is CCCN[P+](=S)OC(C)(F)F. The molecule has 1 N–H and O–H groups in total. The van der Waals surface area contributed by atoms with Crippen LogP contribution in [-0.2, 0) is 16.3 Å². The van der Waals surface area contributed by atoms with Crippen molar-refractivity contribution in [2.75, 3.05) is 6.54 Å². The summed E-state index contributed by atoms with van der Waals surface area (Å²) >= 11 is 4.60. The van der Waals surface area contributed by atoms with Crippen molar-refractivity contribution >= 4 is 18.9 Å². The second-order valence-corrected chi connectivity index (χ2v) is 4.07. The number of rotatable bonds is 5. The molecule has 0 heterocycles. The molecule has 0 bridgehead atoms. The minimum Gasteiger partial charge on any atom is -0.172 e. The van der Waals surface area contributed by atoms with Crippen LogP contribution in [0.3, 0.4) is 0 Å². The summed E-state index contributed by atoms with van der Waals surface area (Å²) in [7, 11) is -1.59. The summed E-state index contributed by atoms with van der Waals surface area (Å²) in [5.74, 6) is 0. The van der Waals surface area contributed by atoms with Crippen LogP contribution in [0.4, 0.5) is 8.78 Å². The van der Waals surface area contributed by atoms with Gasteiger partial charge < -0.3 is 0 Å². The molecule has 0 aliphatic rings. The molecule has 2 nitrogen and oxygen atoms in total. The minimum absolute atomic E-state index is 0.616. The molecule has 0 aromatic carbocycles. The molecule has 6 heteroatoms. The van der Waals surface area contributed by atoms with Crippen LogP contribution in [0.1, 0.15) is 20.3 Å². The Morgan fingerprint density at radius 2 is 2.18 bits per heavy atom. The molecular weight excluding hydrogens is 191 g/mol. The normalized spacial score (nSPS) is 13.3. The Kier molecular flexibility index (Phi) is 5.17. The van der Waals surface area contributed by atoms with E-state index < -0.39 is 13.2 Å². The summed E-state index contributed by atoms with van der Waals surface area (Å²) in [6.45, 7) is 3.23. The third-order valence-corrected chi connectivity index (χ3v) is 2.31. The molecule has 11 heavy (non-hydrogen) atoms. The molecule has 0 aromatic heterocycles. The fourth-order valence-electron chi connectivity index (χ4n) is 0.381. The maximum absolute atomic E-state index is 12.1. The topological polar surface area (TPSA) is 21.3 Å². The van der Waals surface area contributed by atoms with Crippen LogP contribution < -0.4 is 5.09 Å². The summed E-state index contributed by atoms with van der Waals surface area (Å²) < 4.78 is 28.3. The van der Waals surface area contributed by atoms with Gasteiger partial charge in [0.05, 0.1) is 0 Å². The van der Waals surface area contributed by atoms with Crippen LogP contribution in [0, 0.1) is 0 Å². The van der Waals surface area contributed by atoms with Gasteiger partial charge in [0.2, 0.25) is 11.8 Å². The van der Waals surface area contributed by atoms with Crippen molar-refractivity contribution in [3.05, 3.63) is 0 Å². The number of alkyl halides is 2. The Hall–Kier alpha value is 0.300. The summed E-state index contributed by atoms with van der Waals surface area (Å²) in [6, 6.07) is 0. The Labute approximate surface area is 70.9 Å². The molecule has 0 aliphatic heterocycles. The zero-order valence-electron chi connectivity index (χ0n) is 6.43. The van der Waals surface area contributed by atoms with Crippen molar-refractivity contribution < 1.29 is 13.3 Å². The fraction of sp³-hybridized carbons (Fsp3) is 1.00. The lowest BCUT2D eigenvalue weighted by atomic mass is 10.5. The van der Waals surface area contributed by atoms with Gasteiger partial charge in [0.15, 0.2) is 0 Å². The predicted molar refractivity (Wildman–Crippen MR) is 44.3 cm³/mol. The molecule has 1 atom stereocenters. The zero-order valence-corrected chi connectivity index (χ0v) is 8.14. The van der Waals surface area contributed by atoms with E-state index in [2.05, 4.69) is 21.4 Å². The lowest BCUT2D eigenvalue weighted by molar-refractivity contribution is -0.152. The smallest absolute Gasteiger partial charge is 0.172 e. The molecule has 1 unspecified atom stereocenters. The van der Waals surface area contributed by atoms with Gasteiger partial charge in [-0.05, 0) is 6.42 Å². The Balaban J connectivity index is 3.53. The largest absolute Gasteiger partial charge is 0.445 e. The van der Waals surface area contributed by atoms with Crippen molar-refractivity contribution in [3.8, 4) is 0 Å². The summed E-state index contributed by atoms with van der Waals surface area (Å²) in [4.78, 5) is 0. The lowest BCUT2D eigenvalue weighted by Gasteiger charge is -2.01. The predicted octanol–water partition coefficient (Wildman–Crippen LogP) is 2.39. The van der Waals surface area contributed by atoms with Crippen LogP contribution in [-0.4, -0.2) is 12.7 Å². The molecule has 0 saturated carbocycles. The Bertz CT molecular complexity index is 139. The summed E-state index contributed by atoms with van der Waals surface area (Å²) in [5, 5.41) is 2.67. The molecule has 0 radical (unpaired) electrons. The van der Waals surface area contributed by atoms with Crippen LogP contribution in [0.5, 0.6) is 0 Å². The number of hydrogen-bond donors (Lipinski definition) is 1. The van der Waals surface area contributed by atoms with Gasteiger partial charge in [-0.25, -0.2) is 0 Å². The molecule has 0 rings (SSSR count). The zero-order chi connectivity index (χ0) is 8.91. The second-order valence-electron chi connectivity index (χ2n) is 2.06. The van der Waals surface area contributed by atoms with Gasteiger partial charge in [0, 0.05) is 13.5 Å².